The van der Waals surface area contributed by atoms with Gasteiger partial charge < -0.3 is 5.32 Å². The Hall–Kier alpha value is -1.17. The summed E-state index contributed by atoms with van der Waals surface area (Å²) in [6.45, 7) is 1.94. The molecule has 121 valence electrons. The number of aromatic nitrogens is 1. The van der Waals surface area contributed by atoms with Crippen molar-refractivity contribution in [3.05, 3.63) is 59.9 Å². The van der Waals surface area contributed by atoms with E-state index < -0.39 is 0 Å². The number of halogens is 2. The molecule has 1 aromatic carbocycles. The monoisotopic (exact) mass is 403 g/mol. The first-order valence-corrected chi connectivity index (χ1v) is 9.05. The van der Waals surface area contributed by atoms with Crippen LogP contribution in [0, 0.1) is 6.92 Å². The molecule has 2 rings (SSSR count). The molecule has 2 aromatic rings. The molecule has 0 radical (unpaired) electrons. The Morgan fingerprint density at radius 2 is 1.86 bits per heavy atom. The van der Waals surface area contributed by atoms with E-state index in [1.165, 1.54) is 0 Å². The summed E-state index contributed by atoms with van der Waals surface area (Å²) in [5.74, 6) is 0. The topological polar surface area (TPSA) is 49.3 Å². The zero-order valence-electron chi connectivity index (χ0n) is 11.6. The number of rotatable bonds is 3. The van der Waals surface area contributed by atoms with Crippen LogP contribution in [0.5, 0.6) is 0 Å². The minimum absolute atomic E-state index is 0.440. The predicted octanol–water partition coefficient (Wildman–Crippen LogP) is 4.09. The fraction of sp³-hybridized carbons (Fsp3) is 0.0714. The van der Waals surface area contributed by atoms with Gasteiger partial charge in [0.05, 0.1) is 11.9 Å². The van der Waals surface area contributed by atoms with Crippen molar-refractivity contribution in [1.29, 1.82) is 0 Å². The molecule has 0 atom stereocenters. The zero-order chi connectivity index (χ0) is 16.2. The summed E-state index contributed by atoms with van der Waals surface area (Å²) in [5.41, 5.74) is 5.41. The molecule has 0 aliphatic heterocycles. The predicted molar refractivity (Wildman–Crippen MR) is 94.1 cm³/mol. The molecular formula is C14H14Cl2CuN4S. The number of hydrazone groups is 1. The molecule has 8 heteroatoms. The van der Waals surface area contributed by atoms with Crippen LogP contribution >= 0.6 is 32.4 Å². The standard InChI is InChI=1S/C14H14N4S.2ClH.Cu/c1-11-6-5-9-13(16-11)10-15-18-14(19)17-12-7-3-2-4-8-12;;;/h2-10H,1H3,(H2,17,18,19);2*1H;/q;;;+2/p-2/b15-10+;;;. The number of aryl methyl sites for hydroxylation is 1. The Labute approximate surface area is 149 Å². The Morgan fingerprint density at radius 3 is 2.50 bits per heavy atom. The van der Waals surface area contributed by atoms with E-state index in [1.54, 1.807) is 6.21 Å². The van der Waals surface area contributed by atoms with Gasteiger partial charge in [0.2, 0.25) is 0 Å². The molecule has 0 amide bonds. The molecule has 1 heterocycles. The van der Waals surface area contributed by atoms with E-state index in [2.05, 4.69) is 41.0 Å². The molecule has 0 aliphatic rings. The van der Waals surface area contributed by atoms with Crippen molar-refractivity contribution in [3.63, 3.8) is 0 Å². The number of anilines is 1. The van der Waals surface area contributed by atoms with Gasteiger partial charge >= 0.3 is 33.3 Å². The first kappa shape index (κ1) is 18.9. The molecule has 4 nitrogen and oxygen atoms in total. The first-order valence-electron chi connectivity index (χ1n) is 6.05. The van der Waals surface area contributed by atoms with Crippen LogP contribution in [-0.4, -0.2) is 16.3 Å². The van der Waals surface area contributed by atoms with Crippen LogP contribution < -0.4 is 10.7 Å². The molecule has 0 unspecified atom stereocenters. The molecular weight excluding hydrogens is 391 g/mol. The zero-order valence-corrected chi connectivity index (χ0v) is 14.8. The maximum atomic E-state index is 5.12. The van der Waals surface area contributed by atoms with Gasteiger partial charge in [-0.3, -0.25) is 10.4 Å². The number of para-hydroxylation sites is 1. The average molecular weight is 405 g/mol. The number of pyridine rings is 1. The van der Waals surface area contributed by atoms with Crippen molar-refractivity contribution in [3.8, 4) is 0 Å². The second-order valence-corrected chi connectivity index (χ2v) is 5.90. The third-order valence-electron chi connectivity index (χ3n) is 2.30. The molecule has 0 bridgehead atoms. The first-order chi connectivity index (χ1) is 10.7. The van der Waals surface area contributed by atoms with Crippen LogP contribution in [-0.2, 0) is 13.1 Å². The summed E-state index contributed by atoms with van der Waals surface area (Å²) in [5, 5.41) is 7.50. The average Bonchev–Trinajstić information content (AvgIpc) is 2.49. The molecule has 22 heavy (non-hydrogen) atoms. The number of thiocarbonyl (C=S) groups is 1. The van der Waals surface area contributed by atoms with Crippen LogP contribution in [0.25, 0.3) is 0 Å². The van der Waals surface area contributed by atoms with Crippen LogP contribution in [0.3, 0.4) is 0 Å². The molecule has 2 N–H and O–H groups in total. The summed E-state index contributed by atoms with van der Waals surface area (Å²) in [4.78, 5) is 4.30. The summed E-state index contributed by atoms with van der Waals surface area (Å²) in [6, 6.07) is 15.4. The van der Waals surface area contributed by atoms with Crippen LogP contribution in [0.2, 0.25) is 0 Å². The van der Waals surface area contributed by atoms with Gasteiger partial charge in [-0.05, 0) is 43.4 Å². The van der Waals surface area contributed by atoms with Gasteiger partial charge in [-0.15, -0.1) is 0 Å². The van der Waals surface area contributed by atoms with E-state index in [9.17, 15) is 0 Å². The van der Waals surface area contributed by atoms with Crippen LogP contribution in [0.4, 0.5) is 5.69 Å². The van der Waals surface area contributed by atoms with E-state index in [1.807, 2.05) is 55.5 Å². The third-order valence-corrected chi connectivity index (χ3v) is 2.50. The Kier molecular flexibility index (Phi) is 9.79. The minimum atomic E-state index is 0.440. The van der Waals surface area contributed by atoms with Crippen molar-refractivity contribution >= 4 is 49.4 Å². The second-order valence-electron chi connectivity index (χ2n) is 3.94. The Morgan fingerprint density at radius 1 is 1.18 bits per heavy atom. The fourth-order valence-electron chi connectivity index (χ4n) is 1.47. The number of hydrogen-bond donors (Lipinski definition) is 2. The summed E-state index contributed by atoms with van der Waals surface area (Å²) >= 11 is 5.88. The van der Waals surface area contributed by atoms with Gasteiger partial charge in [0, 0.05) is 11.4 Å². The molecule has 0 aliphatic carbocycles. The Bertz CT molecular complexity index is 611. The SMILES string of the molecule is Cc1cccc(/C=N/NC(=S)Nc2ccccc2)n1.[Cl][Cu][Cl]. The number of benzene rings is 1. The summed E-state index contributed by atoms with van der Waals surface area (Å²) in [6.07, 6.45) is 1.63. The van der Waals surface area contributed by atoms with Gasteiger partial charge in [-0.1, -0.05) is 24.3 Å². The van der Waals surface area contributed by atoms with Gasteiger partial charge in [0.1, 0.15) is 0 Å². The van der Waals surface area contributed by atoms with E-state index in [4.69, 9.17) is 12.2 Å². The van der Waals surface area contributed by atoms with Crippen molar-refractivity contribution < 1.29 is 13.1 Å². The van der Waals surface area contributed by atoms with E-state index >= 15 is 0 Å². The maximum absolute atomic E-state index is 5.12. The molecule has 0 saturated carbocycles. The Balaban J connectivity index is 0.000000745. The van der Waals surface area contributed by atoms with E-state index in [0.717, 1.165) is 30.2 Å². The quantitative estimate of drug-likeness (QED) is 0.350. The van der Waals surface area contributed by atoms with Crippen molar-refractivity contribution in [2.24, 2.45) is 5.10 Å². The van der Waals surface area contributed by atoms with Gasteiger partial charge in [-0.2, -0.15) is 5.10 Å². The fourth-order valence-corrected chi connectivity index (χ4v) is 1.64. The summed E-state index contributed by atoms with van der Waals surface area (Å²) in [7, 11) is 9.34. The third kappa shape index (κ3) is 8.32. The van der Waals surface area contributed by atoms with Crippen molar-refractivity contribution in [1.82, 2.24) is 10.4 Å². The van der Waals surface area contributed by atoms with E-state index in [-0.39, 0.29) is 0 Å². The van der Waals surface area contributed by atoms with Crippen molar-refractivity contribution in [2.75, 3.05) is 5.32 Å². The number of nitrogens with zero attached hydrogens (tertiary/aromatic N) is 2. The van der Waals surface area contributed by atoms with Crippen molar-refractivity contribution in [2.45, 2.75) is 6.92 Å². The van der Waals surface area contributed by atoms with Gasteiger partial charge in [0.25, 0.3) is 0 Å². The molecule has 0 fully saturated rings. The summed E-state index contributed by atoms with van der Waals surface area (Å²) < 4.78 is 0. The normalized spacial score (nSPS) is 9.95. The molecule has 0 spiro atoms. The van der Waals surface area contributed by atoms with Crippen LogP contribution in [0.15, 0.2) is 53.6 Å². The van der Waals surface area contributed by atoms with E-state index in [0.29, 0.717) is 5.11 Å². The molecule has 0 saturated heterocycles. The van der Waals surface area contributed by atoms with Gasteiger partial charge in [-0.25, -0.2) is 0 Å². The molecule has 1 aromatic heterocycles. The number of hydrogen-bond acceptors (Lipinski definition) is 3. The second kappa shape index (κ2) is 11.4. The number of nitrogens with one attached hydrogen (secondary N) is 2. The van der Waals surface area contributed by atoms with Crippen LogP contribution in [0.1, 0.15) is 11.4 Å². The van der Waals surface area contributed by atoms with Gasteiger partial charge in [0.15, 0.2) is 5.11 Å².